The average Bonchev–Trinajstić information content (AvgIpc) is 3.47. The van der Waals surface area contributed by atoms with E-state index in [4.69, 9.17) is 14.2 Å². The number of likely N-dealkylation sites (tertiary alicyclic amines) is 1. The molecule has 0 spiro atoms. The number of ether oxygens (including phenoxy) is 3. The summed E-state index contributed by atoms with van der Waals surface area (Å²) < 4.78 is 31.0. The Hall–Kier alpha value is -3.51. The van der Waals surface area contributed by atoms with Gasteiger partial charge in [-0.25, -0.2) is 19.2 Å². The van der Waals surface area contributed by atoms with Crippen LogP contribution >= 0.6 is 11.3 Å². The van der Waals surface area contributed by atoms with E-state index in [1.807, 2.05) is 27.7 Å². The number of thiophene rings is 1. The smallest absolute Gasteiger partial charge is 0.410 e. The van der Waals surface area contributed by atoms with Gasteiger partial charge in [-0.3, -0.25) is 4.79 Å². The lowest BCUT2D eigenvalue weighted by atomic mass is 10.1. The number of aryl methyl sites for hydroxylation is 1. The van der Waals surface area contributed by atoms with Crippen molar-refractivity contribution in [1.29, 1.82) is 0 Å². The van der Waals surface area contributed by atoms with Gasteiger partial charge in [-0.1, -0.05) is 0 Å². The fraction of sp³-hybridized carbons (Fsp3) is 0.517. The summed E-state index contributed by atoms with van der Waals surface area (Å²) >= 11 is 1.30. The van der Waals surface area contributed by atoms with Crippen LogP contribution in [0.5, 0.6) is 5.75 Å². The Morgan fingerprint density at radius 3 is 2.76 bits per heavy atom. The van der Waals surface area contributed by atoms with Gasteiger partial charge in [0.1, 0.15) is 40.2 Å². The van der Waals surface area contributed by atoms with Crippen molar-refractivity contribution in [3.05, 3.63) is 40.8 Å². The van der Waals surface area contributed by atoms with Gasteiger partial charge in [0.2, 0.25) is 0 Å². The van der Waals surface area contributed by atoms with E-state index >= 15 is 0 Å². The van der Waals surface area contributed by atoms with Crippen LogP contribution in [-0.2, 0) is 9.47 Å². The number of hydrogen-bond acceptors (Lipinski definition) is 9. The molecule has 3 aromatic rings. The van der Waals surface area contributed by atoms with Gasteiger partial charge in [0, 0.05) is 31.6 Å². The molecule has 2 aliphatic heterocycles. The molecule has 41 heavy (non-hydrogen) atoms. The molecule has 2 atom stereocenters. The Labute approximate surface area is 242 Å². The molecule has 2 saturated heterocycles. The van der Waals surface area contributed by atoms with Crippen molar-refractivity contribution in [3.63, 3.8) is 0 Å². The summed E-state index contributed by atoms with van der Waals surface area (Å²) in [5.74, 6) is 0.284. The number of hydrogen-bond donors (Lipinski definition) is 2. The van der Waals surface area contributed by atoms with Gasteiger partial charge in [-0.05, 0) is 64.7 Å². The highest BCUT2D eigenvalue weighted by Crippen LogP contribution is 2.37. The largest absolute Gasteiger partial charge is 0.486 e. The fourth-order valence-corrected chi connectivity index (χ4v) is 6.05. The molecule has 2 fully saturated rings. The molecule has 0 radical (unpaired) electrons. The standard InChI is InChI=1S/C29H36FN5O5S/c1-17-23-25(34-21-8-7-18(30)14-22(21)39-20-10-13-38-15-20)31-16-32-27(23)41-24(17)26(36)33-19-6-5-11-35(12-9-19)28(37)40-29(2,3)4/h7-8,14,16,19-20H,5-6,9-13,15H2,1-4H3,(H,33,36)(H,31,32,34)/t19?,20-/m1/s1. The molecule has 220 valence electrons. The van der Waals surface area contributed by atoms with Crippen molar-refractivity contribution in [1.82, 2.24) is 20.2 Å². The van der Waals surface area contributed by atoms with E-state index in [1.54, 1.807) is 11.0 Å². The Bertz CT molecular complexity index is 1420. The van der Waals surface area contributed by atoms with E-state index < -0.39 is 11.4 Å². The molecule has 2 N–H and O–H groups in total. The summed E-state index contributed by atoms with van der Waals surface area (Å²) in [5.41, 5.74) is 0.758. The van der Waals surface area contributed by atoms with E-state index in [0.29, 0.717) is 59.7 Å². The number of fused-ring (bicyclic) bond motifs is 1. The summed E-state index contributed by atoms with van der Waals surface area (Å²) in [6.07, 6.45) is 3.87. The highest BCUT2D eigenvalue weighted by atomic mass is 32.1. The minimum atomic E-state index is -0.553. The van der Waals surface area contributed by atoms with Crippen molar-refractivity contribution in [3.8, 4) is 5.75 Å². The quantitative estimate of drug-likeness (QED) is 0.386. The number of benzene rings is 1. The maximum absolute atomic E-state index is 14.1. The van der Waals surface area contributed by atoms with Gasteiger partial charge >= 0.3 is 6.09 Å². The number of amides is 2. The van der Waals surface area contributed by atoms with Gasteiger partial charge in [-0.2, -0.15) is 0 Å². The van der Waals surface area contributed by atoms with E-state index in [9.17, 15) is 14.0 Å². The second-order valence-electron chi connectivity index (χ2n) is 11.4. The molecule has 5 rings (SSSR count). The van der Waals surface area contributed by atoms with Gasteiger partial charge in [0.05, 0.1) is 29.2 Å². The number of rotatable bonds is 6. The van der Waals surface area contributed by atoms with Crippen LogP contribution in [0.4, 0.5) is 20.7 Å². The third kappa shape index (κ3) is 7.05. The van der Waals surface area contributed by atoms with E-state index in [0.717, 1.165) is 30.2 Å². The maximum atomic E-state index is 14.1. The molecule has 12 heteroatoms. The average molecular weight is 586 g/mol. The molecular formula is C29H36FN5O5S. The minimum Gasteiger partial charge on any atom is -0.486 e. The number of nitrogens with one attached hydrogen (secondary N) is 2. The predicted octanol–water partition coefficient (Wildman–Crippen LogP) is 5.57. The molecular weight excluding hydrogens is 549 g/mol. The molecule has 4 heterocycles. The van der Waals surface area contributed by atoms with Crippen molar-refractivity contribution in [2.45, 2.75) is 71.1 Å². The second-order valence-corrected chi connectivity index (χ2v) is 12.4. The van der Waals surface area contributed by atoms with E-state index in [1.165, 1.54) is 29.8 Å². The zero-order valence-electron chi connectivity index (χ0n) is 23.8. The van der Waals surface area contributed by atoms with Crippen molar-refractivity contribution < 1.29 is 28.2 Å². The molecule has 1 aromatic carbocycles. The van der Waals surface area contributed by atoms with Crippen LogP contribution in [0.2, 0.25) is 0 Å². The Kier molecular flexibility index (Phi) is 8.60. The molecule has 2 aromatic heterocycles. The Morgan fingerprint density at radius 1 is 1.17 bits per heavy atom. The monoisotopic (exact) mass is 585 g/mol. The topological polar surface area (TPSA) is 115 Å². The lowest BCUT2D eigenvalue weighted by Gasteiger charge is -2.26. The first-order valence-electron chi connectivity index (χ1n) is 13.9. The first kappa shape index (κ1) is 29.0. The lowest BCUT2D eigenvalue weighted by molar-refractivity contribution is 0.0256. The SMILES string of the molecule is Cc1c(C(=O)NC2CCCN(C(=O)OC(C)(C)C)CC2)sc2ncnc(Nc3ccc(F)cc3O[C@@H]3CCOC3)c12. The number of halogens is 1. The van der Waals surface area contributed by atoms with Crippen LogP contribution in [0.15, 0.2) is 24.5 Å². The van der Waals surface area contributed by atoms with Gasteiger partial charge in [-0.15, -0.1) is 11.3 Å². The van der Waals surface area contributed by atoms with Crippen LogP contribution in [0.3, 0.4) is 0 Å². The lowest BCUT2D eigenvalue weighted by Crippen LogP contribution is -2.39. The third-order valence-electron chi connectivity index (χ3n) is 7.03. The first-order valence-corrected chi connectivity index (χ1v) is 14.7. The molecule has 1 unspecified atom stereocenters. The zero-order valence-corrected chi connectivity index (χ0v) is 24.6. The van der Waals surface area contributed by atoms with Crippen LogP contribution in [0.1, 0.15) is 61.7 Å². The minimum absolute atomic E-state index is 0.0679. The van der Waals surface area contributed by atoms with Gasteiger partial charge < -0.3 is 29.7 Å². The molecule has 2 aliphatic rings. The maximum Gasteiger partial charge on any atom is 0.410 e. The second kappa shape index (κ2) is 12.2. The summed E-state index contributed by atoms with van der Waals surface area (Å²) in [6.45, 7) is 9.59. The highest BCUT2D eigenvalue weighted by molar-refractivity contribution is 7.20. The number of carbonyl (C=O) groups is 2. The number of carbonyl (C=O) groups excluding carboxylic acids is 2. The van der Waals surface area contributed by atoms with Crippen molar-refractivity contribution in [2.24, 2.45) is 0 Å². The van der Waals surface area contributed by atoms with Crippen molar-refractivity contribution >= 4 is 45.1 Å². The number of aromatic nitrogens is 2. The van der Waals surface area contributed by atoms with Crippen LogP contribution < -0.4 is 15.4 Å². The zero-order chi connectivity index (χ0) is 29.1. The van der Waals surface area contributed by atoms with Crippen LogP contribution in [-0.4, -0.2) is 70.9 Å². The molecule has 0 saturated carbocycles. The number of nitrogens with zero attached hydrogens (tertiary/aromatic N) is 3. The van der Waals surface area contributed by atoms with Crippen molar-refractivity contribution in [2.75, 3.05) is 31.6 Å². The number of anilines is 2. The summed E-state index contributed by atoms with van der Waals surface area (Å²) in [7, 11) is 0. The highest BCUT2D eigenvalue weighted by Gasteiger charge is 2.27. The summed E-state index contributed by atoms with van der Waals surface area (Å²) in [4.78, 5) is 37.7. The fourth-order valence-electron chi connectivity index (χ4n) is 4.99. The molecule has 2 amide bonds. The van der Waals surface area contributed by atoms with Crippen LogP contribution in [0, 0.1) is 12.7 Å². The van der Waals surface area contributed by atoms with E-state index in [2.05, 4.69) is 20.6 Å². The summed E-state index contributed by atoms with van der Waals surface area (Å²) in [5, 5.41) is 7.15. The first-order chi connectivity index (χ1) is 19.6. The van der Waals surface area contributed by atoms with Crippen LogP contribution in [0.25, 0.3) is 10.2 Å². The molecule has 10 nitrogen and oxygen atoms in total. The predicted molar refractivity (Wildman–Crippen MR) is 155 cm³/mol. The molecule has 0 aliphatic carbocycles. The third-order valence-corrected chi connectivity index (χ3v) is 8.22. The van der Waals surface area contributed by atoms with Gasteiger partial charge in [0.25, 0.3) is 5.91 Å². The normalized spacial score (nSPS) is 19.6. The Morgan fingerprint density at radius 2 is 2.00 bits per heavy atom. The summed E-state index contributed by atoms with van der Waals surface area (Å²) in [6, 6.07) is 4.24. The molecule has 0 bridgehead atoms. The van der Waals surface area contributed by atoms with E-state index in [-0.39, 0.29) is 24.1 Å². The van der Waals surface area contributed by atoms with Gasteiger partial charge in [0.15, 0.2) is 0 Å². The Balaban J connectivity index is 1.30.